The summed E-state index contributed by atoms with van der Waals surface area (Å²) in [6.07, 6.45) is 0. The first-order valence-corrected chi connectivity index (χ1v) is 5.67. The third kappa shape index (κ3) is 1.74. The fourth-order valence-corrected chi connectivity index (χ4v) is 2.00. The highest BCUT2D eigenvalue weighted by Gasteiger charge is 2.07. The lowest BCUT2D eigenvalue weighted by Crippen LogP contribution is -1.98. The molecule has 3 aromatic rings. The van der Waals surface area contributed by atoms with Crippen molar-refractivity contribution in [3.63, 3.8) is 0 Å². The number of nitrogens with one attached hydrogen (secondary N) is 1. The third-order valence-electron chi connectivity index (χ3n) is 2.54. The second-order valence-corrected chi connectivity index (χ2v) is 4.20. The van der Waals surface area contributed by atoms with Crippen molar-refractivity contribution in [3.05, 3.63) is 46.9 Å². The van der Waals surface area contributed by atoms with Crippen molar-refractivity contribution in [2.24, 2.45) is 0 Å². The van der Waals surface area contributed by atoms with Crippen molar-refractivity contribution in [3.8, 4) is 11.3 Å². The monoisotopic (exact) mass is 242 g/mol. The van der Waals surface area contributed by atoms with Crippen LogP contribution in [0, 0.1) is 11.7 Å². The summed E-state index contributed by atoms with van der Waals surface area (Å²) < 4.78 is 2.25. The molecule has 0 atom stereocenters. The van der Waals surface area contributed by atoms with Crippen LogP contribution in [-0.4, -0.2) is 19.6 Å². The van der Waals surface area contributed by atoms with Crippen LogP contribution in [0.4, 0.5) is 0 Å². The SMILES string of the molecule is Cc1cc(-c2ccccc2)n2[nH]c(=S)nc2n1. The van der Waals surface area contributed by atoms with Gasteiger partial charge in [-0.05, 0) is 25.2 Å². The molecule has 5 heteroatoms. The molecule has 0 aliphatic heterocycles. The molecule has 1 aromatic carbocycles. The Kier molecular flexibility index (Phi) is 2.26. The molecular formula is C12H10N4S. The number of nitrogens with zero attached hydrogens (tertiary/aromatic N) is 3. The molecule has 2 aromatic heterocycles. The van der Waals surface area contributed by atoms with Gasteiger partial charge in [0.2, 0.25) is 4.77 Å². The lowest BCUT2D eigenvalue weighted by Gasteiger charge is -2.05. The molecule has 0 aliphatic rings. The summed E-state index contributed by atoms with van der Waals surface area (Å²) in [5.41, 5.74) is 3.04. The van der Waals surface area contributed by atoms with Crippen LogP contribution in [0.25, 0.3) is 17.0 Å². The summed E-state index contributed by atoms with van der Waals surface area (Å²) in [6, 6.07) is 12.1. The first-order valence-electron chi connectivity index (χ1n) is 5.26. The number of hydrogen-bond donors (Lipinski definition) is 1. The Morgan fingerprint density at radius 2 is 1.94 bits per heavy atom. The van der Waals surface area contributed by atoms with E-state index in [9.17, 15) is 0 Å². The van der Waals surface area contributed by atoms with E-state index in [1.54, 1.807) is 0 Å². The average molecular weight is 242 g/mol. The molecule has 84 valence electrons. The van der Waals surface area contributed by atoms with Crippen molar-refractivity contribution >= 4 is 18.0 Å². The van der Waals surface area contributed by atoms with Gasteiger partial charge in [-0.3, -0.25) is 5.10 Å². The van der Waals surface area contributed by atoms with Crippen molar-refractivity contribution in [1.82, 2.24) is 19.6 Å². The van der Waals surface area contributed by atoms with Gasteiger partial charge < -0.3 is 0 Å². The zero-order valence-corrected chi connectivity index (χ0v) is 10.0. The van der Waals surface area contributed by atoms with E-state index in [1.165, 1.54) is 0 Å². The highest BCUT2D eigenvalue weighted by molar-refractivity contribution is 7.71. The average Bonchev–Trinajstić information content (AvgIpc) is 2.69. The minimum atomic E-state index is 0.445. The lowest BCUT2D eigenvalue weighted by molar-refractivity contribution is 0.932. The Bertz CT molecular complexity index is 727. The van der Waals surface area contributed by atoms with E-state index in [0.717, 1.165) is 17.0 Å². The highest BCUT2D eigenvalue weighted by Crippen LogP contribution is 2.19. The van der Waals surface area contributed by atoms with E-state index in [0.29, 0.717) is 10.5 Å². The molecule has 1 N–H and O–H groups in total. The first kappa shape index (κ1) is 10.2. The molecule has 0 spiro atoms. The van der Waals surface area contributed by atoms with E-state index >= 15 is 0 Å². The van der Waals surface area contributed by atoms with Crippen LogP contribution < -0.4 is 0 Å². The largest absolute Gasteiger partial charge is 0.265 e. The number of hydrogen-bond acceptors (Lipinski definition) is 3. The first-order chi connectivity index (χ1) is 8.24. The minimum absolute atomic E-state index is 0.445. The minimum Gasteiger partial charge on any atom is -0.265 e. The molecule has 3 rings (SSSR count). The Morgan fingerprint density at radius 3 is 2.71 bits per heavy atom. The van der Waals surface area contributed by atoms with Gasteiger partial charge in [0.25, 0.3) is 5.78 Å². The summed E-state index contributed by atoms with van der Waals surface area (Å²) in [7, 11) is 0. The molecule has 0 bridgehead atoms. The second-order valence-electron chi connectivity index (χ2n) is 3.81. The fraction of sp³-hybridized carbons (Fsp3) is 0.0833. The highest BCUT2D eigenvalue weighted by atomic mass is 32.1. The van der Waals surface area contributed by atoms with Crippen LogP contribution in [0.1, 0.15) is 5.69 Å². The Morgan fingerprint density at radius 1 is 1.18 bits per heavy atom. The fourth-order valence-electron chi connectivity index (χ4n) is 1.83. The Balaban J connectivity index is 2.39. The Labute approximate surface area is 103 Å². The van der Waals surface area contributed by atoms with Crippen LogP contribution in [0.2, 0.25) is 0 Å². The van der Waals surface area contributed by atoms with Gasteiger partial charge in [0.15, 0.2) is 0 Å². The summed E-state index contributed by atoms with van der Waals surface area (Å²) in [6.45, 7) is 1.95. The van der Waals surface area contributed by atoms with Gasteiger partial charge in [0.1, 0.15) is 0 Å². The van der Waals surface area contributed by atoms with Crippen LogP contribution in [0.5, 0.6) is 0 Å². The van der Waals surface area contributed by atoms with Crippen LogP contribution in [0.15, 0.2) is 36.4 Å². The zero-order chi connectivity index (χ0) is 11.8. The smallest absolute Gasteiger partial charge is 0.252 e. The van der Waals surface area contributed by atoms with E-state index < -0.39 is 0 Å². The van der Waals surface area contributed by atoms with Gasteiger partial charge in [-0.15, -0.1) is 0 Å². The van der Waals surface area contributed by atoms with E-state index in [4.69, 9.17) is 12.2 Å². The predicted molar refractivity (Wildman–Crippen MR) is 68.3 cm³/mol. The number of fused-ring (bicyclic) bond motifs is 1. The van der Waals surface area contributed by atoms with Crippen molar-refractivity contribution < 1.29 is 0 Å². The van der Waals surface area contributed by atoms with E-state index in [2.05, 4.69) is 15.1 Å². The summed E-state index contributed by atoms with van der Waals surface area (Å²) >= 11 is 5.04. The molecule has 0 fully saturated rings. The maximum Gasteiger partial charge on any atom is 0.252 e. The van der Waals surface area contributed by atoms with Crippen molar-refractivity contribution in [2.45, 2.75) is 6.92 Å². The number of aryl methyl sites for hydroxylation is 1. The molecular weight excluding hydrogens is 232 g/mol. The predicted octanol–water partition coefficient (Wildman–Crippen LogP) is 2.76. The number of rotatable bonds is 1. The van der Waals surface area contributed by atoms with Gasteiger partial charge >= 0.3 is 0 Å². The summed E-state index contributed by atoms with van der Waals surface area (Å²) in [4.78, 5) is 8.51. The topological polar surface area (TPSA) is 46.0 Å². The zero-order valence-electron chi connectivity index (χ0n) is 9.21. The van der Waals surface area contributed by atoms with Crippen LogP contribution in [0.3, 0.4) is 0 Å². The van der Waals surface area contributed by atoms with Crippen LogP contribution >= 0.6 is 12.2 Å². The molecule has 0 unspecified atom stereocenters. The number of aromatic amines is 1. The number of benzene rings is 1. The third-order valence-corrected chi connectivity index (χ3v) is 2.72. The molecule has 17 heavy (non-hydrogen) atoms. The molecule has 0 saturated carbocycles. The quantitative estimate of drug-likeness (QED) is 0.667. The number of H-pyrrole nitrogens is 1. The van der Waals surface area contributed by atoms with Crippen molar-refractivity contribution in [2.75, 3.05) is 0 Å². The Hall–Kier alpha value is -2.01. The van der Waals surface area contributed by atoms with Gasteiger partial charge in [0, 0.05) is 11.3 Å². The molecule has 0 aliphatic carbocycles. The van der Waals surface area contributed by atoms with Gasteiger partial charge in [0.05, 0.1) is 5.69 Å². The second kappa shape index (κ2) is 3.78. The van der Waals surface area contributed by atoms with E-state index in [-0.39, 0.29) is 0 Å². The normalized spacial score (nSPS) is 10.9. The molecule has 0 radical (unpaired) electrons. The molecule has 0 saturated heterocycles. The maximum atomic E-state index is 5.04. The lowest BCUT2D eigenvalue weighted by atomic mass is 10.1. The standard InChI is InChI=1S/C12H10N4S/c1-8-7-10(9-5-3-2-4-6-9)16-11(13-8)14-12(17)15-16/h2-7H,1H3,(H,15,17). The molecule has 2 heterocycles. The van der Waals surface area contributed by atoms with E-state index in [1.807, 2.05) is 47.8 Å². The number of aromatic nitrogens is 4. The summed E-state index contributed by atoms with van der Waals surface area (Å²) in [5.74, 6) is 0.605. The van der Waals surface area contributed by atoms with Gasteiger partial charge in [-0.2, -0.15) is 4.98 Å². The molecule has 0 amide bonds. The van der Waals surface area contributed by atoms with Gasteiger partial charge in [-0.25, -0.2) is 9.50 Å². The maximum absolute atomic E-state index is 5.04. The van der Waals surface area contributed by atoms with Crippen molar-refractivity contribution in [1.29, 1.82) is 0 Å². The summed E-state index contributed by atoms with van der Waals surface area (Å²) in [5, 5.41) is 3.01. The molecule has 4 nitrogen and oxygen atoms in total. The van der Waals surface area contributed by atoms with Crippen LogP contribution in [-0.2, 0) is 0 Å². The van der Waals surface area contributed by atoms with Gasteiger partial charge in [-0.1, -0.05) is 30.3 Å².